The molecule has 3 rings (SSSR count). The van der Waals surface area contributed by atoms with Crippen molar-refractivity contribution in [3.63, 3.8) is 0 Å². The molecule has 0 aliphatic carbocycles. The molecule has 0 fully saturated rings. The fourth-order valence-corrected chi connectivity index (χ4v) is 3.41. The van der Waals surface area contributed by atoms with Crippen LogP contribution in [0.3, 0.4) is 0 Å². The maximum Gasteiger partial charge on any atom is 0.240 e. The number of rotatable bonds is 6. The number of para-hydroxylation sites is 1. The van der Waals surface area contributed by atoms with Gasteiger partial charge in [0.1, 0.15) is 0 Å². The molecule has 0 unspecified atom stereocenters. The van der Waals surface area contributed by atoms with E-state index in [2.05, 4.69) is 28.9 Å². The first kappa shape index (κ1) is 16.4. The molecular weight excluding hydrogens is 316 g/mol. The molecule has 1 heterocycles. The van der Waals surface area contributed by atoms with E-state index < -0.39 is 0 Å². The van der Waals surface area contributed by atoms with Gasteiger partial charge in [-0.3, -0.25) is 10.1 Å². The van der Waals surface area contributed by atoms with Crippen molar-refractivity contribution in [3.05, 3.63) is 88.6 Å². The largest absolute Gasteiger partial charge is 0.314 e. The van der Waals surface area contributed by atoms with Gasteiger partial charge in [-0.1, -0.05) is 54.6 Å². The number of nitrogens with zero attached hydrogens (tertiary/aromatic N) is 1. The second kappa shape index (κ2) is 7.90. The minimum Gasteiger partial charge on any atom is -0.314 e. The van der Waals surface area contributed by atoms with E-state index in [1.807, 2.05) is 61.6 Å². The lowest BCUT2D eigenvalue weighted by Crippen LogP contribution is -2.37. The number of benzene rings is 2. The summed E-state index contributed by atoms with van der Waals surface area (Å²) in [6.45, 7) is 0.281. The Bertz CT molecular complexity index is 757. The third-order valence-electron chi connectivity index (χ3n) is 3.94. The molecule has 3 aromatic rings. The number of carbonyl (C=O) groups is 1. The van der Waals surface area contributed by atoms with Crippen molar-refractivity contribution in [3.8, 4) is 0 Å². The van der Waals surface area contributed by atoms with Crippen LogP contribution in [0, 0.1) is 0 Å². The Kier molecular flexibility index (Phi) is 5.41. The zero-order valence-corrected chi connectivity index (χ0v) is 14.4. The summed E-state index contributed by atoms with van der Waals surface area (Å²) in [6, 6.07) is 24.1. The van der Waals surface area contributed by atoms with Crippen LogP contribution in [-0.2, 0) is 4.79 Å². The molecular formula is C20H20N2OS. The first-order valence-electron chi connectivity index (χ1n) is 7.89. The molecule has 0 saturated heterocycles. The summed E-state index contributed by atoms with van der Waals surface area (Å²) in [5.74, 6) is 0.0405. The summed E-state index contributed by atoms with van der Waals surface area (Å²) in [6.07, 6.45) is 0. The fraction of sp³-hybridized carbons (Fsp3) is 0.150. The van der Waals surface area contributed by atoms with Crippen molar-refractivity contribution < 1.29 is 4.79 Å². The van der Waals surface area contributed by atoms with Crippen LogP contribution >= 0.6 is 11.3 Å². The van der Waals surface area contributed by atoms with Crippen molar-refractivity contribution in [1.82, 2.24) is 5.32 Å². The van der Waals surface area contributed by atoms with Gasteiger partial charge in [-0.05, 0) is 29.1 Å². The molecule has 4 heteroatoms. The van der Waals surface area contributed by atoms with E-state index in [1.165, 1.54) is 4.88 Å². The highest BCUT2D eigenvalue weighted by Gasteiger charge is 2.17. The summed E-state index contributed by atoms with van der Waals surface area (Å²) in [5, 5.41) is 5.47. The second-order valence-corrected chi connectivity index (χ2v) is 6.51. The van der Waals surface area contributed by atoms with E-state index in [4.69, 9.17) is 0 Å². The van der Waals surface area contributed by atoms with Gasteiger partial charge in [0.25, 0.3) is 0 Å². The predicted octanol–water partition coefficient (Wildman–Crippen LogP) is 4.09. The number of anilines is 1. The number of thiophene rings is 1. The van der Waals surface area contributed by atoms with Crippen LogP contribution in [0.25, 0.3) is 0 Å². The Hall–Kier alpha value is -2.43. The molecule has 0 saturated carbocycles. The van der Waals surface area contributed by atoms with Crippen molar-refractivity contribution in [2.24, 2.45) is 0 Å². The van der Waals surface area contributed by atoms with Gasteiger partial charge < -0.3 is 4.90 Å². The van der Waals surface area contributed by atoms with Crippen LogP contribution in [0.2, 0.25) is 0 Å². The maximum atomic E-state index is 12.5. The molecule has 0 spiro atoms. The number of amides is 1. The standard InChI is InChI=1S/C20H20N2OS/c1-22(17-11-6-3-7-12-17)19(23)15-21-20(18-13-8-14-24-18)16-9-4-2-5-10-16/h2-14,20-21H,15H2,1H3/t20-/m0/s1. The molecule has 1 N–H and O–H groups in total. The Balaban J connectivity index is 1.71. The van der Waals surface area contributed by atoms with Crippen molar-refractivity contribution in [2.75, 3.05) is 18.5 Å². The summed E-state index contributed by atoms with van der Waals surface area (Å²) in [7, 11) is 1.81. The van der Waals surface area contributed by atoms with Crippen LogP contribution < -0.4 is 10.2 Å². The SMILES string of the molecule is CN(C(=O)CN[C@@H](c1ccccc1)c1cccs1)c1ccccc1. The van der Waals surface area contributed by atoms with Crippen LogP contribution in [0.5, 0.6) is 0 Å². The van der Waals surface area contributed by atoms with E-state index in [0.717, 1.165) is 11.3 Å². The lowest BCUT2D eigenvalue weighted by atomic mass is 10.1. The molecule has 2 aromatic carbocycles. The predicted molar refractivity (Wildman–Crippen MR) is 100 cm³/mol. The highest BCUT2D eigenvalue weighted by atomic mass is 32.1. The Labute approximate surface area is 146 Å². The van der Waals surface area contributed by atoms with Gasteiger partial charge in [0.2, 0.25) is 5.91 Å². The summed E-state index contributed by atoms with van der Waals surface area (Å²) in [4.78, 5) is 15.4. The van der Waals surface area contributed by atoms with Gasteiger partial charge in [0.15, 0.2) is 0 Å². The number of hydrogen-bond acceptors (Lipinski definition) is 3. The fourth-order valence-electron chi connectivity index (χ4n) is 2.59. The summed E-state index contributed by atoms with van der Waals surface area (Å²) >= 11 is 1.69. The zero-order chi connectivity index (χ0) is 16.8. The monoisotopic (exact) mass is 336 g/mol. The normalized spacial score (nSPS) is 11.9. The lowest BCUT2D eigenvalue weighted by molar-refractivity contribution is -0.117. The maximum absolute atomic E-state index is 12.5. The van der Waals surface area contributed by atoms with E-state index >= 15 is 0 Å². The van der Waals surface area contributed by atoms with Crippen molar-refractivity contribution >= 4 is 22.9 Å². The highest BCUT2D eigenvalue weighted by Crippen LogP contribution is 2.25. The third kappa shape index (κ3) is 3.91. The molecule has 0 bridgehead atoms. The molecule has 1 atom stereocenters. The number of nitrogens with one attached hydrogen (secondary N) is 1. The smallest absolute Gasteiger partial charge is 0.240 e. The molecule has 1 aromatic heterocycles. The zero-order valence-electron chi connectivity index (χ0n) is 13.6. The van der Waals surface area contributed by atoms with Crippen LogP contribution in [0.1, 0.15) is 16.5 Å². The van der Waals surface area contributed by atoms with E-state index in [-0.39, 0.29) is 18.5 Å². The molecule has 0 radical (unpaired) electrons. The van der Waals surface area contributed by atoms with Gasteiger partial charge in [-0.15, -0.1) is 11.3 Å². The van der Waals surface area contributed by atoms with E-state index in [0.29, 0.717) is 0 Å². The Morgan fingerprint density at radius 2 is 1.67 bits per heavy atom. The van der Waals surface area contributed by atoms with Gasteiger partial charge in [0.05, 0.1) is 12.6 Å². The molecule has 122 valence electrons. The average molecular weight is 336 g/mol. The van der Waals surface area contributed by atoms with E-state index in [1.54, 1.807) is 16.2 Å². The topological polar surface area (TPSA) is 32.3 Å². The first-order valence-corrected chi connectivity index (χ1v) is 8.77. The molecule has 24 heavy (non-hydrogen) atoms. The Morgan fingerprint density at radius 1 is 1.00 bits per heavy atom. The van der Waals surface area contributed by atoms with Gasteiger partial charge in [-0.2, -0.15) is 0 Å². The van der Waals surface area contributed by atoms with Gasteiger partial charge >= 0.3 is 0 Å². The molecule has 0 aliphatic heterocycles. The minimum absolute atomic E-state index is 0.0272. The van der Waals surface area contributed by atoms with Crippen molar-refractivity contribution in [1.29, 1.82) is 0 Å². The lowest BCUT2D eigenvalue weighted by Gasteiger charge is -2.21. The molecule has 0 aliphatic rings. The molecule has 3 nitrogen and oxygen atoms in total. The van der Waals surface area contributed by atoms with Gasteiger partial charge in [0, 0.05) is 17.6 Å². The average Bonchev–Trinajstić information content (AvgIpc) is 3.17. The number of likely N-dealkylation sites (N-methyl/N-ethyl adjacent to an activating group) is 1. The second-order valence-electron chi connectivity index (χ2n) is 5.53. The van der Waals surface area contributed by atoms with Crippen molar-refractivity contribution in [2.45, 2.75) is 6.04 Å². The molecule has 1 amide bonds. The summed E-state index contributed by atoms with van der Waals surface area (Å²) < 4.78 is 0. The number of hydrogen-bond donors (Lipinski definition) is 1. The minimum atomic E-state index is 0.0272. The van der Waals surface area contributed by atoms with Gasteiger partial charge in [-0.25, -0.2) is 0 Å². The van der Waals surface area contributed by atoms with Crippen LogP contribution in [-0.4, -0.2) is 19.5 Å². The Morgan fingerprint density at radius 3 is 2.29 bits per heavy atom. The summed E-state index contributed by atoms with van der Waals surface area (Å²) in [5.41, 5.74) is 2.06. The third-order valence-corrected chi connectivity index (χ3v) is 4.87. The first-order chi connectivity index (χ1) is 11.8. The number of carbonyl (C=O) groups excluding carboxylic acids is 1. The van der Waals surface area contributed by atoms with E-state index in [9.17, 15) is 4.79 Å². The quantitative estimate of drug-likeness (QED) is 0.735. The highest BCUT2D eigenvalue weighted by molar-refractivity contribution is 7.10. The van der Waals surface area contributed by atoms with Crippen LogP contribution in [0.15, 0.2) is 78.2 Å². The van der Waals surface area contributed by atoms with Crippen LogP contribution in [0.4, 0.5) is 5.69 Å².